The molecule has 1 heterocycles. The molecule has 1 aliphatic heterocycles. The molecule has 0 aromatic heterocycles. The van der Waals surface area contributed by atoms with Crippen molar-refractivity contribution in [3.8, 4) is 5.75 Å². The Morgan fingerprint density at radius 3 is 2.66 bits per heavy atom. The van der Waals surface area contributed by atoms with E-state index < -0.39 is 0 Å². The van der Waals surface area contributed by atoms with Gasteiger partial charge in [-0.1, -0.05) is 110 Å². The van der Waals surface area contributed by atoms with E-state index in [1.165, 1.54) is 17.3 Å². The van der Waals surface area contributed by atoms with Crippen molar-refractivity contribution in [2.24, 2.45) is 10.1 Å². The Morgan fingerprint density at radius 2 is 1.89 bits per heavy atom. The molecular formula is C30H41BrN4O2S. The number of hydrazone groups is 1. The maximum absolute atomic E-state index is 12.6. The van der Waals surface area contributed by atoms with E-state index in [4.69, 9.17) is 9.73 Å². The second-order valence-corrected chi connectivity index (χ2v) is 9.39. The van der Waals surface area contributed by atoms with Crippen LogP contribution in [-0.4, -0.2) is 54.2 Å². The molecule has 0 atom stereocenters. The fourth-order valence-corrected chi connectivity index (χ4v) is 4.44. The number of methoxy groups -OCH3 is 1. The number of amidine groups is 1. The first-order valence-electron chi connectivity index (χ1n) is 13.0. The van der Waals surface area contributed by atoms with Crippen LogP contribution in [0.5, 0.6) is 5.75 Å². The lowest BCUT2D eigenvalue weighted by Crippen LogP contribution is -2.32. The van der Waals surface area contributed by atoms with Gasteiger partial charge < -0.3 is 9.64 Å². The van der Waals surface area contributed by atoms with Gasteiger partial charge >= 0.3 is 0 Å². The Hall–Kier alpha value is -2.84. The number of thioether (sulfide) groups is 1. The van der Waals surface area contributed by atoms with Crippen LogP contribution in [0.15, 0.2) is 93.0 Å². The second-order valence-electron chi connectivity index (χ2n) is 7.53. The van der Waals surface area contributed by atoms with Crippen molar-refractivity contribution in [2.45, 2.75) is 41.0 Å². The summed E-state index contributed by atoms with van der Waals surface area (Å²) < 4.78 is 6.32. The van der Waals surface area contributed by atoms with E-state index in [9.17, 15) is 4.79 Å². The molecule has 0 spiro atoms. The van der Waals surface area contributed by atoms with Crippen molar-refractivity contribution < 1.29 is 9.53 Å². The van der Waals surface area contributed by atoms with Crippen LogP contribution in [0, 0.1) is 0 Å². The van der Waals surface area contributed by atoms with Gasteiger partial charge in [-0.15, -0.1) is 0 Å². The number of hydrogen-bond acceptors (Lipinski definition) is 6. The zero-order chi connectivity index (χ0) is 28.2. The van der Waals surface area contributed by atoms with Crippen LogP contribution in [0.1, 0.15) is 46.6 Å². The lowest BCUT2D eigenvalue weighted by atomic mass is 10.1. The Kier molecular flexibility index (Phi) is 17.6. The van der Waals surface area contributed by atoms with Gasteiger partial charge in [0.25, 0.3) is 5.91 Å². The first-order valence-corrected chi connectivity index (χ1v) is 14.8. The smallest absolute Gasteiger partial charge is 0.250 e. The van der Waals surface area contributed by atoms with Crippen molar-refractivity contribution in [1.82, 2.24) is 10.3 Å². The van der Waals surface area contributed by atoms with E-state index in [1.54, 1.807) is 7.11 Å². The number of hydrogen-bond donors (Lipinski definition) is 1. The van der Waals surface area contributed by atoms with Gasteiger partial charge in [0.15, 0.2) is 5.17 Å². The molecule has 0 fully saturated rings. The number of aliphatic imine (C=N–C) groups is 1. The van der Waals surface area contributed by atoms with Crippen LogP contribution in [0.3, 0.4) is 0 Å². The number of carbonyl (C=O) groups is 1. The third-order valence-electron chi connectivity index (χ3n) is 4.97. The molecule has 1 aromatic carbocycles. The first-order chi connectivity index (χ1) is 18.6. The summed E-state index contributed by atoms with van der Waals surface area (Å²) in [6.07, 6.45) is 19.7. The summed E-state index contributed by atoms with van der Waals surface area (Å²) in [6.45, 7) is 11.8. The molecule has 1 aliphatic carbocycles. The Morgan fingerprint density at radius 1 is 1.13 bits per heavy atom. The predicted octanol–water partition coefficient (Wildman–Crippen LogP) is 7.31. The molecule has 3 rings (SSSR count). The number of nitrogens with one attached hydrogen (secondary N) is 1. The Labute approximate surface area is 241 Å². The average molecular weight is 602 g/mol. The number of rotatable bonds is 7. The molecule has 0 saturated carbocycles. The van der Waals surface area contributed by atoms with E-state index in [0.29, 0.717) is 24.6 Å². The van der Waals surface area contributed by atoms with Crippen LogP contribution in [0.25, 0.3) is 0 Å². The van der Waals surface area contributed by atoms with Crippen molar-refractivity contribution >= 4 is 44.5 Å². The number of halogens is 1. The molecule has 0 saturated heterocycles. The molecule has 1 N–H and O–H groups in total. The normalized spacial score (nSPS) is 16.5. The largest absolute Gasteiger partial charge is 0.496 e. The lowest BCUT2D eigenvalue weighted by Gasteiger charge is -2.24. The first kappa shape index (κ1) is 33.2. The van der Waals surface area contributed by atoms with Crippen molar-refractivity contribution in [2.75, 3.05) is 32.5 Å². The number of benzene rings is 1. The number of allylic oxidation sites excluding steroid dienone is 6. The number of amides is 1. The quantitative estimate of drug-likeness (QED) is 0.263. The average Bonchev–Trinajstić information content (AvgIpc) is 3.16. The summed E-state index contributed by atoms with van der Waals surface area (Å²) in [6, 6.07) is 5.67. The van der Waals surface area contributed by atoms with Crippen LogP contribution in [-0.2, 0) is 4.79 Å². The van der Waals surface area contributed by atoms with Gasteiger partial charge in [0.1, 0.15) is 5.75 Å². The maximum Gasteiger partial charge on any atom is 0.250 e. The summed E-state index contributed by atoms with van der Waals surface area (Å²) in [5.41, 5.74) is 5.34. The van der Waals surface area contributed by atoms with Crippen molar-refractivity contribution in [3.05, 3.63) is 88.5 Å². The van der Waals surface area contributed by atoms with E-state index in [1.807, 2.05) is 71.0 Å². The predicted molar refractivity (Wildman–Crippen MR) is 169 cm³/mol. The summed E-state index contributed by atoms with van der Waals surface area (Å²) in [5.74, 6) is 0.717. The van der Waals surface area contributed by atoms with Gasteiger partial charge in [0.2, 0.25) is 0 Å². The third-order valence-corrected chi connectivity index (χ3v) is 6.51. The molecule has 1 aromatic rings. The fourth-order valence-electron chi connectivity index (χ4n) is 3.27. The molecule has 0 radical (unpaired) electrons. The monoisotopic (exact) mass is 600 g/mol. The molecule has 206 valence electrons. The van der Waals surface area contributed by atoms with E-state index in [-0.39, 0.29) is 11.7 Å². The number of carbonyl (C=O) groups excluding carboxylic acids is 1. The summed E-state index contributed by atoms with van der Waals surface area (Å²) in [5, 5.41) is 5.12. The minimum atomic E-state index is -0.191. The summed E-state index contributed by atoms with van der Waals surface area (Å²) in [7, 11) is 1.61. The molecule has 0 bridgehead atoms. The minimum absolute atomic E-state index is 0.191. The highest BCUT2D eigenvalue weighted by Gasteiger charge is 2.15. The van der Waals surface area contributed by atoms with Gasteiger partial charge in [-0.05, 0) is 37.1 Å². The highest BCUT2D eigenvalue weighted by atomic mass is 79.9. The Bertz CT molecular complexity index is 1090. The lowest BCUT2D eigenvalue weighted by molar-refractivity contribution is -0.118. The van der Waals surface area contributed by atoms with E-state index in [0.717, 1.165) is 28.2 Å². The second kappa shape index (κ2) is 20.2. The van der Waals surface area contributed by atoms with Gasteiger partial charge in [-0.25, -0.2) is 5.43 Å². The third kappa shape index (κ3) is 12.1. The summed E-state index contributed by atoms with van der Waals surface area (Å²) in [4.78, 5) is 19.5. The van der Waals surface area contributed by atoms with Crippen LogP contribution >= 0.6 is 27.7 Å². The molecule has 0 unspecified atom stereocenters. The topological polar surface area (TPSA) is 66.3 Å². The fraction of sp³-hybridized carbons (Fsp3) is 0.367. The molecule has 6 nitrogen and oxygen atoms in total. The van der Waals surface area contributed by atoms with Crippen molar-refractivity contribution in [3.63, 3.8) is 0 Å². The number of ether oxygens (including phenoxy) is 1. The standard InChI is InChI=1S/C26H29BrN4O2S.2C2H6/c1-20(23-17-22(27)13-14-24(23)33-2)29-30-25(32)19-34-26-28-15-9-5-6-10-16-31(26)18-21-11-7-3-4-8-12-21;2*1-2/h3,5-14,17H,4,15-16,18-19H2,1-2H3,(H,30,32);2*1-2H3/b9-5-,10-6-,28-26?,29-20+;;. The highest BCUT2D eigenvalue weighted by molar-refractivity contribution is 9.10. The molecule has 8 heteroatoms. The van der Waals surface area contributed by atoms with Gasteiger partial charge in [0, 0.05) is 23.1 Å². The van der Waals surface area contributed by atoms with Crippen molar-refractivity contribution in [1.29, 1.82) is 0 Å². The van der Waals surface area contributed by atoms with Crippen LogP contribution < -0.4 is 10.2 Å². The van der Waals surface area contributed by atoms with E-state index in [2.05, 4.69) is 67.8 Å². The summed E-state index contributed by atoms with van der Waals surface area (Å²) >= 11 is 4.89. The Balaban J connectivity index is 0.00000172. The zero-order valence-electron chi connectivity index (χ0n) is 23.4. The number of nitrogens with zero attached hydrogens (tertiary/aromatic N) is 3. The van der Waals surface area contributed by atoms with Crippen LogP contribution in [0.2, 0.25) is 0 Å². The van der Waals surface area contributed by atoms with Gasteiger partial charge in [-0.3, -0.25) is 9.79 Å². The minimum Gasteiger partial charge on any atom is -0.496 e. The van der Waals surface area contributed by atoms with Crippen LogP contribution in [0.4, 0.5) is 0 Å². The highest BCUT2D eigenvalue weighted by Crippen LogP contribution is 2.23. The SMILES string of the molecule is CC.CC.COc1ccc(Br)cc1/C(C)=N/NC(=O)CSC1=NC/C=C\C=C/CN1CC1=CC=CCC=C1. The molecule has 38 heavy (non-hydrogen) atoms. The van der Waals surface area contributed by atoms with Gasteiger partial charge in [0.05, 0.1) is 25.1 Å². The molecule has 1 amide bonds. The zero-order valence-corrected chi connectivity index (χ0v) is 25.8. The van der Waals surface area contributed by atoms with Gasteiger partial charge in [-0.2, -0.15) is 5.10 Å². The maximum atomic E-state index is 12.6. The molecular weight excluding hydrogens is 560 g/mol. The molecule has 2 aliphatic rings. The van der Waals surface area contributed by atoms with E-state index >= 15 is 0 Å².